The number of benzene rings is 1. The van der Waals surface area contributed by atoms with Crippen LogP contribution in [0.5, 0.6) is 0 Å². The molecule has 0 spiro atoms. The number of aromatic amines is 1. The molecule has 0 saturated heterocycles. The quantitative estimate of drug-likeness (QED) is 0.681. The first kappa shape index (κ1) is 14.6. The largest absolute Gasteiger partial charge is 0.382 e. The van der Waals surface area contributed by atoms with Crippen molar-refractivity contribution in [1.82, 2.24) is 15.5 Å². The number of carbonyl (C=O) groups excluding carboxylic acids is 2. The van der Waals surface area contributed by atoms with Gasteiger partial charge in [-0.05, 0) is 24.6 Å². The van der Waals surface area contributed by atoms with Gasteiger partial charge in [-0.3, -0.25) is 14.7 Å². The van der Waals surface area contributed by atoms with Crippen LogP contribution in [-0.2, 0) is 4.79 Å². The van der Waals surface area contributed by atoms with Crippen molar-refractivity contribution in [3.05, 3.63) is 41.6 Å². The third kappa shape index (κ3) is 3.82. The van der Waals surface area contributed by atoms with Gasteiger partial charge < -0.3 is 16.4 Å². The van der Waals surface area contributed by atoms with Gasteiger partial charge in [-0.2, -0.15) is 5.10 Å². The fraction of sp³-hybridized carbons (Fsp3) is 0.214. The molecule has 21 heavy (non-hydrogen) atoms. The second-order valence-electron chi connectivity index (χ2n) is 4.71. The Hall–Kier alpha value is -2.83. The maximum Gasteiger partial charge on any atom is 0.269 e. The Morgan fingerprint density at radius 3 is 2.71 bits per heavy atom. The second-order valence-corrected chi connectivity index (χ2v) is 4.71. The Bertz CT molecular complexity index is 665. The number of rotatable bonds is 4. The molecule has 1 unspecified atom stereocenters. The van der Waals surface area contributed by atoms with Crippen LogP contribution in [0.4, 0.5) is 11.5 Å². The van der Waals surface area contributed by atoms with Gasteiger partial charge in [-0.1, -0.05) is 12.1 Å². The zero-order chi connectivity index (χ0) is 15.4. The number of carbonyl (C=O) groups is 2. The third-order valence-corrected chi connectivity index (χ3v) is 2.90. The highest BCUT2D eigenvalue weighted by Crippen LogP contribution is 2.18. The van der Waals surface area contributed by atoms with Crippen molar-refractivity contribution in [2.45, 2.75) is 19.9 Å². The zero-order valence-electron chi connectivity index (χ0n) is 11.8. The lowest BCUT2D eigenvalue weighted by Crippen LogP contribution is -2.27. The number of anilines is 2. The van der Waals surface area contributed by atoms with Crippen molar-refractivity contribution in [2.24, 2.45) is 0 Å². The van der Waals surface area contributed by atoms with E-state index in [2.05, 4.69) is 20.8 Å². The summed E-state index contributed by atoms with van der Waals surface area (Å²) in [4.78, 5) is 23.1. The molecule has 0 fully saturated rings. The van der Waals surface area contributed by atoms with Gasteiger partial charge in [-0.15, -0.1) is 0 Å². The molecule has 7 heteroatoms. The second kappa shape index (κ2) is 6.08. The van der Waals surface area contributed by atoms with E-state index < -0.39 is 0 Å². The van der Waals surface area contributed by atoms with E-state index in [4.69, 9.17) is 5.73 Å². The monoisotopic (exact) mass is 287 g/mol. The summed E-state index contributed by atoms with van der Waals surface area (Å²) in [7, 11) is 0. The Balaban J connectivity index is 2.07. The van der Waals surface area contributed by atoms with Gasteiger partial charge in [0.05, 0.1) is 6.04 Å². The number of nitrogen functional groups attached to an aromatic ring is 1. The average Bonchev–Trinajstić information content (AvgIpc) is 2.85. The molecule has 2 amide bonds. The molecule has 0 bridgehead atoms. The van der Waals surface area contributed by atoms with Crippen molar-refractivity contribution in [1.29, 1.82) is 0 Å². The van der Waals surface area contributed by atoms with Gasteiger partial charge in [0, 0.05) is 18.7 Å². The molecule has 0 radical (unpaired) electrons. The predicted molar refractivity (Wildman–Crippen MR) is 79.6 cm³/mol. The molecular weight excluding hydrogens is 270 g/mol. The Morgan fingerprint density at radius 1 is 1.33 bits per heavy atom. The summed E-state index contributed by atoms with van der Waals surface area (Å²) in [5.41, 5.74) is 7.33. The van der Waals surface area contributed by atoms with Gasteiger partial charge in [-0.25, -0.2) is 0 Å². The maximum absolute atomic E-state index is 12.0. The molecular formula is C14H17N5O2. The minimum absolute atomic E-state index is 0.142. The van der Waals surface area contributed by atoms with Crippen LogP contribution in [-0.4, -0.2) is 22.0 Å². The van der Waals surface area contributed by atoms with E-state index >= 15 is 0 Å². The van der Waals surface area contributed by atoms with Crippen molar-refractivity contribution in [3.63, 3.8) is 0 Å². The summed E-state index contributed by atoms with van der Waals surface area (Å²) in [5, 5.41) is 11.8. The van der Waals surface area contributed by atoms with Crippen LogP contribution < -0.4 is 16.4 Å². The molecule has 1 aromatic heterocycles. The van der Waals surface area contributed by atoms with E-state index in [1.165, 1.54) is 13.0 Å². The fourth-order valence-electron chi connectivity index (χ4n) is 1.90. The summed E-state index contributed by atoms with van der Waals surface area (Å²) in [5.74, 6) is -0.172. The molecule has 7 nitrogen and oxygen atoms in total. The molecule has 2 aromatic rings. The minimum atomic E-state index is -0.295. The highest BCUT2D eigenvalue weighted by Gasteiger charge is 2.13. The summed E-state index contributed by atoms with van der Waals surface area (Å²) in [6, 6.07) is 8.53. The summed E-state index contributed by atoms with van der Waals surface area (Å²) in [6.07, 6.45) is 0. The van der Waals surface area contributed by atoms with Crippen LogP contribution in [0.25, 0.3) is 0 Å². The summed E-state index contributed by atoms with van der Waals surface area (Å²) < 4.78 is 0. The first-order valence-electron chi connectivity index (χ1n) is 6.45. The van der Waals surface area contributed by atoms with E-state index in [0.29, 0.717) is 11.4 Å². The van der Waals surface area contributed by atoms with Crippen LogP contribution in [0.3, 0.4) is 0 Å². The van der Waals surface area contributed by atoms with E-state index in [-0.39, 0.29) is 23.7 Å². The highest BCUT2D eigenvalue weighted by atomic mass is 16.2. The van der Waals surface area contributed by atoms with Gasteiger partial charge in [0.25, 0.3) is 5.91 Å². The first-order valence-corrected chi connectivity index (χ1v) is 6.45. The molecule has 0 aliphatic rings. The van der Waals surface area contributed by atoms with E-state index in [0.717, 1.165) is 5.56 Å². The average molecular weight is 287 g/mol. The van der Waals surface area contributed by atoms with Gasteiger partial charge in [0.2, 0.25) is 5.91 Å². The van der Waals surface area contributed by atoms with Crippen LogP contribution >= 0.6 is 0 Å². The zero-order valence-corrected chi connectivity index (χ0v) is 11.8. The minimum Gasteiger partial charge on any atom is -0.382 e. The number of aromatic nitrogens is 2. The molecule has 1 aromatic carbocycles. The van der Waals surface area contributed by atoms with Crippen molar-refractivity contribution < 1.29 is 9.59 Å². The highest BCUT2D eigenvalue weighted by molar-refractivity contribution is 5.93. The molecule has 110 valence electrons. The molecule has 0 aliphatic heterocycles. The van der Waals surface area contributed by atoms with Crippen LogP contribution in [0.15, 0.2) is 30.3 Å². The molecule has 5 N–H and O–H groups in total. The van der Waals surface area contributed by atoms with Crippen molar-refractivity contribution in [3.8, 4) is 0 Å². The molecule has 0 aliphatic carbocycles. The predicted octanol–water partition coefficient (Wildman–Crippen LogP) is 1.44. The van der Waals surface area contributed by atoms with E-state index in [1.807, 2.05) is 25.1 Å². The van der Waals surface area contributed by atoms with Crippen molar-refractivity contribution in [2.75, 3.05) is 11.1 Å². The molecule has 0 saturated carbocycles. The summed E-state index contributed by atoms with van der Waals surface area (Å²) >= 11 is 0. The number of hydrogen-bond acceptors (Lipinski definition) is 4. The number of nitrogens with one attached hydrogen (secondary N) is 3. The number of H-pyrrole nitrogens is 1. The van der Waals surface area contributed by atoms with Crippen LogP contribution in [0, 0.1) is 0 Å². The van der Waals surface area contributed by atoms with Crippen LogP contribution in [0.1, 0.15) is 35.9 Å². The summed E-state index contributed by atoms with van der Waals surface area (Å²) in [6.45, 7) is 3.30. The Labute approximate surface area is 121 Å². The standard InChI is InChI=1S/C14H17N5O2/c1-8(16-14(21)12-7-13(15)19-18-12)10-4-3-5-11(6-10)17-9(2)20/h3-8H,1-2H3,(H,16,21)(H,17,20)(H3,15,18,19). The lowest BCUT2D eigenvalue weighted by molar-refractivity contribution is -0.114. The van der Waals surface area contributed by atoms with Gasteiger partial charge >= 0.3 is 0 Å². The first-order chi connectivity index (χ1) is 9.95. The Kier molecular flexibility index (Phi) is 4.22. The van der Waals surface area contributed by atoms with Crippen LogP contribution in [0.2, 0.25) is 0 Å². The smallest absolute Gasteiger partial charge is 0.269 e. The number of nitrogens with two attached hydrogens (primary N) is 1. The number of nitrogens with zero attached hydrogens (tertiary/aromatic N) is 1. The SMILES string of the molecule is CC(=O)Nc1cccc(C(C)NC(=O)c2cc(N)n[nH]2)c1. The van der Waals surface area contributed by atoms with Gasteiger partial charge in [0.15, 0.2) is 0 Å². The maximum atomic E-state index is 12.0. The lowest BCUT2D eigenvalue weighted by Gasteiger charge is -2.15. The molecule has 1 heterocycles. The fourth-order valence-corrected chi connectivity index (χ4v) is 1.90. The molecule has 1 atom stereocenters. The normalized spacial score (nSPS) is 11.7. The molecule has 2 rings (SSSR count). The number of amides is 2. The lowest BCUT2D eigenvalue weighted by atomic mass is 10.1. The van der Waals surface area contributed by atoms with Crippen molar-refractivity contribution >= 4 is 23.3 Å². The number of hydrogen-bond donors (Lipinski definition) is 4. The van der Waals surface area contributed by atoms with Gasteiger partial charge in [0.1, 0.15) is 11.5 Å². The van der Waals surface area contributed by atoms with E-state index in [9.17, 15) is 9.59 Å². The topological polar surface area (TPSA) is 113 Å². The third-order valence-electron chi connectivity index (χ3n) is 2.90. The van der Waals surface area contributed by atoms with E-state index in [1.54, 1.807) is 6.07 Å². The Morgan fingerprint density at radius 2 is 2.10 bits per heavy atom.